The molecule has 2 aromatic carbocycles. The van der Waals surface area contributed by atoms with Crippen molar-refractivity contribution < 1.29 is 32.4 Å². The molecule has 4 rings (SSSR count). The van der Waals surface area contributed by atoms with Crippen molar-refractivity contribution in [2.75, 3.05) is 11.5 Å². The summed E-state index contributed by atoms with van der Waals surface area (Å²) in [4.78, 5) is 36.9. The van der Waals surface area contributed by atoms with E-state index >= 15 is 0 Å². The predicted octanol–water partition coefficient (Wildman–Crippen LogP) is 3.95. The summed E-state index contributed by atoms with van der Waals surface area (Å²) in [6.07, 6.45) is -4.84. The van der Waals surface area contributed by atoms with E-state index in [0.29, 0.717) is 5.56 Å². The maximum absolute atomic E-state index is 13.1. The predicted molar refractivity (Wildman–Crippen MR) is 97.4 cm³/mol. The van der Waals surface area contributed by atoms with Crippen molar-refractivity contribution in [2.45, 2.75) is 18.5 Å². The molecular weight excluding hydrogens is 405 g/mol. The standard InChI is InChI=1S/C20H13F3N2O5/c21-20(22,23)12-4-2-5-13(8-12)24-16-10-30-19(27)18(16)15(9-17(24)26)11-3-1-6-14(7-11)25(28)29/h1-8,15H,9-10H2/t15-/m0/s1. The van der Waals surface area contributed by atoms with E-state index in [2.05, 4.69) is 0 Å². The van der Waals surface area contributed by atoms with Crippen LogP contribution < -0.4 is 4.90 Å². The SMILES string of the molecule is O=C1OCC2=C1[C@H](c1cccc([N+](=O)[O-])c1)CC(=O)N2c1cccc(C(F)(F)F)c1. The molecule has 7 nitrogen and oxygen atoms in total. The van der Waals surface area contributed by atoms with Crippen molar-refractivity contribution in [1.82, 2.24) is 0 Å². The number of cyclic esters (lactones) is 1. The molecule has 0 aromatic heterocycles. The topological polar surface area (TPSA) is 89.7 Å². The van der Waals surface area contributed by atoms with Gasteiger partial charge in [-0.25, -0.2) is 4.79 Å². The molecule has 154 valence electrons. The Bertz CT molecular complexity index is 1110. The Kier molecular flexibility index (Phi) is 4.56. The van der Waals surface area contributed by atoms with Gasteiger partial charge in [-0.2, -0.15) is 13.2 Å². The van der Waals surface area contributed by atoms with Crippen LogP contribution in [0.1, 0.15) is 23.5 Å². The number of esters is 1. The zero-order valence-corrected chi connectivity index (χ0v) is 15.2. The van der Waals surface area contributed by atoms with Gasteiger partial charge in [0.2, 0.25) is 5.91 Å². The van der Waals surface area contributed by atoms with Crippen LogP contribution in [0.4, 0.5) is 24.5 Å². The number of rotatable bonds is 3. The first-order valence-electron chi connectivity index (χ1n) is 8.81. The van der Waals surface area contributed by atoms with E-state index < -0.39 is 34.5 Å². The Morgan fingerprint density at radius 3 is 2.53 bits per heavy atom. The molecule has 10 heteroatoms. The van der Waals surface area contributed by atoms with Gasteiger partial charge in [0, 0.05) is 30.2 Å². The summed E-state index contributed by atoms with van der Waals surface area (Å²) in [5.41, 5.74) is -0.514. The lowest BCUT2D eigenvalue weighted by Gasteiger charge is -2.32. The Balaban J connectivity index is 1.81. The molecule has 0 radical (unpaired) electrons. The monoisotopic (exact) mass is 418 g/mol. The summed E-state index contributed by atoms with van der Waals surface area (Å²) < 4.78 is 44.4. The van der Waals surface area contributed by atoms with E-state index in [1.54, 1.807) is 6.07 Å². The molecule has 1 atom stereocenters. The number of alkyl halides is 3. The molecule has 0 spiro atoms. The van der Waals surface area contributed by atoms with E-state index in [1.165, 1.54) is 30.3 Å². The molecule has 0 aliphatic carbocycles. The van der Waals surface area contributed by atoms with E-state index in [9.17, 15) is 32.9 Å². The maximum atomic E-state index is 13.1. The number of nitro groups is 1. The number of nitrogens with zero attached hydrogens (tertiary/aromatic N) is 2. The minimum absolute atomic E-state index is 0.0295. The van der Waals surface area contributed by atoms with Gasteiger partial charge in [-0.15, -0.1) is 0 Å². The van der Waals surface area contributed by atoms with Crippen LogP contribution in [0.3, 0.4) is 0 Å². The second-order valence-electron chi connectivity index (χ2n) is 6.82. The highest BCUT2D eigenvalue weighted by molar-refractivity contribution is 6.06. The first kappa shape index (κ1) is 19.6. The van der Waals surface area contributed by atoms with Crippen LogP contribution >= 0.6 is 0 Å². The fraction of sp³-hybridized carbons (Fsp3) is 0.200. The smallest absolute Gasteiger partial charge is 0.416 e. The lowest BCUT2D eigenvalue weighted by atomic mass is 9.84. The number of hydrogen-bond donors (Lipinski definition) is 0. The third-order valence-corrected chi connectivity index (χ3v) is 5.03. The van der Waals surface area contributed by atoms with Gasteiger partial charge in [0.1, 0.15) is 6.61 Å². The van der Waals surface area contributed by atoms with Gasteiger partial charge in [-0.05, 0) is 23.8 Å². The van der Waals surface area contributed by atoms with Gasteiger partial charge in [0.15, 0.2) is 0 Å². The van der Waals surface area contributed by atoms with E-state index in [4.69, 9.17) is 4.74 Å². The van der Waals surface area contributed by atoms with E-state index in [1.807, 2.05) is 0 Å². The van der Waals surface area contributed by atoms with Crippen LogP contribution in [0.15, 0.2) is 59.8 Å². The molecule has 2 aliphatic rings. The van der Waals surface area contributed by atoms with Crippen LogP contribution in [0.5, 0.6) is 0 Å². The van der Waals surface area contributed by atoms with E-state index in [-0.39, 0.29) is 35.7 Å². The van der Waals surface area contributed by atoms with Crippen molar-refractivity contribution in [3.8, 4) is 0 Å². The number of carbonyl (C=O) groups excluding carboxylic acids is 2. The summed E-state index contributed by atoms with van der Waals surface area (Å²) in [5.74, 6) is -2.03. The molecule has 0 bridgehead atoms. The fourth-order valence-electron chi connectivity index (χ4n) is 3.71. The number of hydrogen-bond acceptors (Lipinski definition) is 5. The number of amides is 1. The molecular formula is C20H13F3N2O5. The molecule has 0 N–H and O–H groups in total. The van der Waals surface area contributed by atoms with Crippen LogP contribution in [0.25, 0.3) is 0 Å². The van der Waals surface area contributed by atoms with Crippen LogP contribution in [0.2, 0.25) is 0 Å². The molecule has 0 unspecified atom stereocenters. The molecule has 2 heterocycles. The van der Waals surface area contributed by atoms with Gasteiger partial charge in [-0.3, -0.25) is 19.8 Å². The van der Waals surface area contributed by atoms with Crippen LogP contribution in [-0.4, -0.2) is 23.4 Å². The van der Waals surface area contributed by atoms with Gasteiger partial charge >= 0.3 is 12.1 Å². The molecule has 2 aromatic rings. The lowest BCUT2D eigenvalue weighted by molar-refractivity contribution is -0.384. The zero-order chi connectivity index (χ0) is 21.6. The van der Waals surface area contributed by atoms with Crippen molar-refractivity contribution >= 4 is 23.3 Å². The Morgan fingerprint density at radius 2 is 1.83 bits per heavy atom. The summed E-state index contributed by atoms with van der Waals surface area (Å²) in [5, 5.41) is 11.1. The van der Waals surface area contributed by atoms with E-state index in [0.717, 1.165) is 17.0 Å². The Hall–Kier alpha value is -3.69. The highest BCUT2D eigenvalue weighted by atomic mass is 19.4. The quantitative estimate of drug-likeness (QED) is 0.428. The molecule has 0 fully saturated rings. The van der Waals surface area contributed by atoms with Crippen LogP contribution in [0, 0.1) is 10.1 Å². The Morgan fingerprint density at radius 1 is 1.10 bits per heavy atom. The summed E-state index contributed by atoms with van der Waals surface area (Å²) >= 11 is 0. The highest BCUT2D eigenvalue weighted by Gasteiger charge is 2.43. The van der Waals surface area contributed by atoms with Gasteiger partial charge in [0.05, 0.1) is 21.8 Å². The first-order chi connectivity index (χ1) is 14.2. The van der Waals surface area contributed by atoms with Crippen molar-refractivity contribution in [3.05, 3.63) is 81.0 Å². The number of nitro benzene ring substituents is 1. The normalized spacial score (nSPS) is 19.0. The zero-order valence-electron chi connectivity index (χ0n) is 15.2. The maximum Gasteiger partial charge on any atom is 0.416 e. The summed E-state index contributed by atoms with van der Waals surface area (Å²) in [6.45, 7) is -0.276. The van der Waals surface area contributed by atoms with Crippen LogP contribution in [-0.2, 0) is 20.5 Å². The van der Waals surface area contributed by atoms with Crippen molar-refractivity contribution in [1.29, 1.82) is 0 Å². The van der Waals surface area contributed by atoms with Crippen molar-refractivity contribution in [3.63, 3.8) is 0 Å². The van der Waals surface area contributed by atoms with Gasteiger partial charge in [-0.1, -0.05) is 18.2 Å². The molecule has 0 saturated heterocycles. The summed E-state index contributed by atoms with van der Waals surface area (Å²) in [6, 6.07) is 9.79. The molecule has 1 amide bonds. The Labute approximate surface area is 167 Å². The number of halogens is 3. The minimum atomic E-state index is -4.60. The number of ether oxygens (including phenoxy) is 1. The summed E-state index contributed by atoms with van der Waals surface area (Å²) in [7, 11) is 0. The average molecular weight is 418 g/mol. The second kappa shape index (κ2) is 6.97. The molecule has 30 heavy (non-hydrogen) atoms. The largest absolute Gasteiger partial charge is 0.456 e. The lowest BCUT2D eigenvalue weighted by Crippen LogP contribution is -2.37. The second-order valence-corrected chi connectivity index (χ2v) is 6.82. The number of benzene rings is 2. The fourth-order valence-corrected chi connectivity index (χ4v) is 3.71. The molecule has 2 aliphatic heterocycles. The highest BCUT2D eigenvalue weighted by Crippen LogP contribution is 2.43. The third-order valence-electron chi connectivity index (χ3n) is 5.03. The van der Waals surface area contributed by atoms with Gasteiger partial charge < -0.3 is 4.74 Å². The van der Waals surface area contributed by atoms with Crippen molar-refractivity contribution in [2.24, 2.45) is 0 Å². The minimum Gasteiger partial charge on any atom is -0.456 e. The number of carbonyl (C=O) groups is 2. The average Bonchev–Trinajstić information content (AvgIpc) is 3.08. The third kappa shape index (κ3) is 3.30. The molecule has 0 saturated carbocycles. The van der Waals surface area contributed by atoms with Gasteiger partial charge in [0.25, 0.3) is 5.69 Å². The number of anilines is 1. The first-order valence-corrected chi connectivity index (χ1v) is 8.81. The number of non-ortho nitro benzene ring substituents is 1.